The van der Waals surface area contributed by atoms with E-state index in [1.807, 2.05) is 24.3 Å². The number of rotatable bonds is 5. The molecule has 0 saturated carbocycles. The van der Waals surface area contributed by atoms with Gasteiger partial charge in [-0.15, -0.1) is 0 Å². The van der Waals surface area contributed by atoms with Crippen molar-refractivity contribution in [2.45, 2.75) is 26.3 Å². The molecule has 0 bridgehead atoms. The van der Waals surface area contributed by atoms with Crippen molar-refractivity contribution in [3.8, 4) is 23.0 Å². The van der Waals surface area contributed by atoms with Gasteiger partial charge in [-0.25, -0.2) is 8.78 Å². The third-order valence-electron chi connectivity index (χ3n) is 4.45. The van der Waals surface area contributed by atoms with E-state index in [0.29, 0.717) is 35.4 Å². The fourth-order valence-corrected chi connectivity index (χ4v) is 2.85. The maximum atomic E-state index is 13.3. The Labute approximate surface area is 160 Å². The average Bonchev–Trinajstić information content (AvgIpc) is 3.34. The molecule has 142 valence electrons. The molecular formula is C21H18F2N4O. The van der Waals surface area contributed by atoms with Gasteiger partial charge in [-0.3, -0.25) is 4.68 Å². The molecule has 0 spiro atoms. The first kappa shape index (κ1) is 18.0. The third-order valence-corrected chi connectivity index (χ3v) is 4.45. The van der Waals surface area contributed by atoms with E-state index < -0.39 is 11.6 Å². The van der Waals surface area contributed by atoms with Gasteiger partial charge < -0.3 is 4.52 Å². The van der Waals surface area contributed by atoms with Crippen LogP contribution in [0.3, 0.4) is 0 Å². The number of hydrogen-bond donors (Lipinski definition) is 0. The van der Waals surface area contributed by atoms with Gasteiger partial charge >= 0.3 is 0 Å². The van der Waals surface area contributed by atoms with Crippen molar-refractivity contribution in [1.29, 1.82) is 0 Å². The summed E-state index contributed by atoms with van der Waals surface area (Å²) >= 11 is 0. The lowest BCUT2D eigenvalue weighted by atomic mass is 10.0. The van der Waals surface area contributed by atoms with E-state index in [4.69, 9.17) is 4.52 Å². The third kappa shape index (κ3) is 3.69. The van der Waals surface area contributed by atoms with Crippen LogP contribution in [0, 0.1) is 11.6 Å². The van der Waals surface area contributed by atoms with E-state index >= 15 is 0 Å². The summed E-state index contributed by atoms with van der Waals surface area (Å²) in [7, 11) is 0. The molecule has 0 radical (unpaired) electrons. The minimum atomic E-state index is -0.879. The Kier molecular flexibility index (Phi) is 4.73. The molecule has 4 rings (SSSR count). The van der Waals surface area contributed by atoms with Gasteiger partial charge in [0.25, 0.3) is 5.89 Å². The summed E-state index contributed by atoms with van der Waals surface area (Å²) in [6.45, 7) is 4.57. The SMILES string of the molecule is CC(C)c1ccc(-c2nc(-c3ccn(Cc4ccc(F)c(F)c4)n3)no2)cc1. The molecule has 7 heteroatoms. The van der Waals surface area contributed by atoms with E-state index in [1.54, 1.807) is 16.9 Å². The highest BCUT2D eigenvalue weighted by Gasteiger charge is 2.14. The van der Waals surface area contributed by atoms with Crippen molar-refractivity contribution in [2.24, 2.45) is 0 Å². The summed E-state index contributed by atoms with van der Waals surface area (Å²) in [5.74, 6) is -0.514. The van der Waals surface area contributed by atoms with Gasteiger partial charge in [-0.2, -0.15) is 10.1 Å². The molecule has 0 aliphatic carbocycles. The van der Waals surface area contributed by atoms with Gasteiger partial charge in [0.1, 0.15) is 5.69 Å². The predicted molar refractivity (Wildman–Crippen MR) is 101 cm³/mol. The topological polar surface area (TPSA) is 56.7 Å². The molecule has 5 nitrogen and oxygen atoms in total. The normalized spacial score (nSPS) is 11.3. The zero-order valence-electron chi connectivity index (χ0n) is 15.4. The fraction of sp³-hybridized carbons (Fsp3) is 0.190. The first-order valence-corrected chi connectivity index (χ1v) is 8.91. The number of hydrogen-bond acceptors (Lipinski definition) is 4. The van der Waals surface area contributed by atoms with E-state index in [9.17, 15) is 8.78 Å². The van der Waals surface area contributed by atoms with Crippen LogP contribution >= 0.6 is 0 Å². The van der Waals surface area contributed by atoms with Crippen molar-refractivity contribution in [1.82, 2.24) is 19.9 Å². The Bertz CT molecular complexity index is 1100. The molecule has 28 heavy (non-hydrogen) atoms. The van der Waals surface area contributed by atoms with E-state index in [2.05, 4.69) is 29.1 Å². The Morgan fingerprint density at radius 2 is 1.79 bits per heavy atom. The monoisotopic (exact) mass is 380 g/mol. The van der Waals surface area contributed by atoms with Crippen LogP contribution in [0.5, 0.6) is 0 Å². The molecule has 2 aromatic heterocycles. The summed E-state index contributed by atoms with van der Waals surface area (Å²) in [6, 6.07) is 13.5. The summed E-state index contributed by atoms with van der Waals surface area (Å²) in [5, 5.41) is 8.38. The van der Waals surface area contributed by atoms with Crippen LogP contribution in [0.25, 0.3) is 23.0 Å². The molecule has 0 aliphatic heterocycles. The average molecular weight is 380 g/mol. The van der Waals surface area contributed by atoms with Crippen molar-refractivity contribution < 1.29 is 13.3 Å². The minimum Gasteiger partial charge on any atom is -0.334 e. The van der Waals surface area contributed by atoms with Crippen molar-refractivity contribution in [2.75, 3.05) is 0 Å². The Balaban J connectivity index is 1.52. The van der Waals surface area contributed by atoms with Crippen molar-refractivity contribution in [3.05, 3.63) is 77.5 Å². The zero-order chi connectivity index (χ0) is 19.7. The van der Waals surface area contributed by atoms with Gasteiger partial charge in [-0.1, -0.05) is 37.2 Å². The molecule has 0 aliphatic rings. The maximum Gasteiger partial charge on any atom is 0.258 e. The molecule has 0 amide bonds. The van der Waals surface area contributed by atoms with Crippen LogP contribution in [0.1, 0.15) is 30.9 Å². The molecule has 0 atom stereocenters. The second kappa shape index (κ2) is 7.34. The molecule has 4 aromatic rings. The molecule has 0 saturated heterocycles. The lowest BCUT2D eigenvalue weighted by Gasteiger charge is -2.04. The molecule has 0 N–H and O–H groups in total. The van der Waals surface area contributed by atoms with Gasteiger partial charge in [-0.05, 0) is 47.4 Å². The lowest BCUT2D eigenvalue weighted by molar-refractivity contribution is 0.432. The van der Waals surface area contributed by atoms with E-state index in [-0.39, 0.29) is 0 Å². The fourth-order valence-electron chi connectivity index (χ4n) is 2.85. The summed E-state index contributed by atoms with van der Waals surface area (Å²) in [6.07, 6.45) is 1.73. The van der Waals surface area contributed by atoms with Crippen LogP contribution < -0.4 is 0 Å². The number of aromatic nitrogens is 4. The molecular weight excluding hydrogens is 362 g/mol. The van der Waals surface area contributed by atoms with Crippen molar-refractivity contribution in [3.63, 3.8) is 0 Å². The Morgan fingerprint density at radius 1 is 1.00 bits per heavy atom. The highest BCUT2D eigenvalue weighted by Crippen LogP contribution is 2.23. The first-order valence-electron chi connectivity index (χ1n) is 8.91. The summed E-state index contributed by atoms with van der Waals surface area (Å²) in [5.41, 5.74) is 3.22. The first-order chi connectivity index (χ1) is 13.5. The zero-order valence-corrected chi connectivity index (χ0v) is 15.4. The number of benzene rings is 2. The van der Waals surface area contributed by atoms with Gasteiger partial charge in [0.2, 0.25) is 5.82 Å². The standard InChI is InChI=1S/C21H18F2N4O/c1-13(2)15-4-6-16(7-5-15)21-24-20(26-28-21)19-9-10-27(25-19)12-14-3-8-17(22)18(23)11-14/h3-11,13H,12H2,1-2H3. The van der Waals surface area contributed by atoms with Crippen LogP contribution in [0.15, 0.2) is 59.3 Å². The van der Waals surface area contributed by atoms with Crippen LogP contribution in [-0.2, 0) is 6.54 Å². The maximum absolute atomic E-state index is 13.3. The number of halogens is 2. The lowest BCUT2D eigenvalue weighted by Crippen LogP contribution is -2.01. The van der Waals surface area contributed by atoms with Crippen LogP contribution in [0.4, 0.5) is 8.78 Å². The highest BCUT2D eigenvalue weighted by atomic mass is 19.2. The van der Waals surface area contributed by atoms with E-state index in [0.717, 1.165) is 17.7 Å². The van der Waals surface area contributed by atoms with Gasteiger partial charge in [0, 0.05) is 11.8 Å². The minimum absolute atomic E-state index is 0.304. The summed E-state index contributed by atoms with van der Waals surface area (Å²) in [4.78, 5) is 4.41. The predicted octanol–water partition coefficient (Wildman–Crippen LogP) is 5.05. The van der Waals surface area contributed by atoms with Gasteiger partial charge in [0.15, 0.2) is 11.6 Å². The van der Waals surface area contributed by atoms with Crippen molar-refractivity contribution >= 4 is 0 Å². The van der Waals surface area contributed by atoms with E-state index in [1.165, 1.54) is 11.6 Å². The molecule has 2 heterocycles. The van der Waals surface area contributed by atoms with Crippen LogP contribution in [0.2, 0.25) is 0 Å². The second-order valence-electron chi connectivity index (χ2n) is 6.85. The molecule has 0 unspecified atom stereocenters. The quantitative estimate of drug-likeness (QED) is 0.486. The molecule has 0 fully saturated rings. The summed E-state index contributed by atoms with van der Waals surface area (Å²) < 4.78 is 33.4. The molecule has 2 aromatic carbocycles. The second-order valence-corrected chi connectivity index (χ2v) is 6.85. The number of nitrogens with zero attached hydrogens (tertiary/aromatic N) is 4. The highest BCUT2D eigenvalue weighted by molar-refractivity contribution is 5.57. The Morgan fingerprint density at radius 3 is 2.50 bits per heavy atom. The Hall–Kier alpha value is -3.35. The largest absolute Gasteiger partial charge is 0.334 e. The van der Waals surface area contributed by atoms with Crippen LogP contribution in [-0.4, -0.2) is 19.9 Å². The smallest absolute Gasteiger partial charge is 0.258 e. The van der Waals surface area contributed by atoms with Gasteiger partial charge in [0.05, 0.1) is 6.54 Å².